The second-order valence-corrected chi connectivity index (χ2v) is 4.00. The fourth-order valence-electron chi connectivity index (χ4n) is 1.46. The van der Waals surface area contributed by atoms with Gasteiger partial charge in [-0.25, -0.2) is 0 Å². The molecule has 0 aliphatic rings. The van der Waals surface area contributed by atoms with Gasteiger partial charge >= 0.3 is 0 Å². The summed E-state index contributed by atoms with van der Waals surface area (Å²) in [5.41, 5.74) is 1.05. The van der Waals surface area contributed by atoms with Crippen LogP contribution in [0.15, 0.2) is 28.5 Å². The number of aryl methyl sites for hydroxylation is 1. The van der Waals surface area contributed by atoms with Gasteiger partial charge in [-0.2, -0.15) is 0 Å². The minimum Gasteiger partial charge on any atom is -0.396 e. The Hall–Kier alpha value is -1.13. The molecule has 2 aromatic heterocycles. The molecule has 0 fully saturated rings. The van der Waals surface area contributed by atoms with Gasteiger partial charge < -0.3 is 9.67 Å². The maximum atomic E-state index is 11.4. The molecule has 3 nitrogen and oxygen atoms in total. The molecule has 0 saturated carbocycles. The van der Waals surface area contributed by atoms with Gasteiger partial charge in [0, 0.05) is 25.4 Å². The van der Waals surface area contributed by atoms with Crippen LogP contribution < -0.4 is 5.43 Å². The number of thiophene rings is 1. The molecule has 0 unspecified atom stereocenters. The summed E-state index contributed by atoms with van der Waals surface area (Å²) in [7, 11) is 0. The van der Waals surface area contributed by atoms with Crippen LogP contribution in [-0.2, 0) is 6.54 Å². The predicted octanol–water partition coefficient (Wildman–Crippen LogP) is 1.45. The number of aliphatic hydroxyl groups excluding tert-OH is 1. The molecular formula is C10H11NO2S. The molecule has 14 heavy (non-hydrogen) atoms. The number of fused-ring (bicyclic) bond motifs is 1. The maximum Gasteiger partial charge on any atom is 0.199 e. The maximum absolute atomic E-state index is 11.4. The Morgan fingerprint density at radius 1 is 1.43 bits per heavy atom. The second kappa shape index (κ2) is 3.94. The third kappa shape index (κ3) is 1.58. The summed E-state index contributed by atoms with van der Waals surface area (Å²) in [5, 5.41) is 10.7. The minimum absolute atomic E-state index is 0.0789. The summed E-state index contributed by atoms with van der Waals surface area (Å²) >= 11 is 1.47. The number of rotatable bonds is 3. The number of nitrogens with zero attached hydrogens (tertiary/aromatic N) is 1. The molecule has 0 aliphatic heterocycles. The second-order valence-electron chi connectivity index (χ2n) is 3.09. The van der Waals surface area contributed by atoms with Crippen molar-refractivity contribution in [3.63, 3.8) is 0 Å². The summed E-state index contributed by atoms with van der Waals surface area (Å²) in [4.78, 5) is 11.4. The predicted molar refractivity (Wildman–Crippen MR) is 57.8 cm³/mol. The van der Waals surface area contributed by atoms with Crippen molar-refractivity contribution in [1.82, 2.24) is 4.57 Å². The van der Waals surface area contributed by atoms with E-state index in [-0.39, 0.29) is 12.0 Å². The van der Waals surface area contributed by atoms with Gasteiger partial charge in [0.25, 0.3) is 0 Å². The average Bonchev–Trinajstić information content (AvgIpc) is 2.66. The molecule has 0 radical (unpaired) electrons. The van der Waals surface area contributed by atoms with E-state index in [1.165, 1.54) is 11.3 Å². The first kappa shape index (κ1) is 9.43. The highest BCUT2D eigenvalue weighted by Gasteiger charge is 2.02. The van der Waals surface area contributed by atoms with E-state index in [9.17, 15) is 4.79 Å². The molecule has 2 heterocycles. The molecule has 0 amide bonds. The first-order chi connectivity index (χ1) is 6.83. The van der Waals surface area contributed by atoms with Gasteiger partial charge in [-0.3, -0.25) is 4.79 Å². The first-order valence-corrected chi connectivity index (χ1v) is 5.38. The van der Waals surface area contributed by atoms with Crippen molar-refractivity contribution in [1.29, 1.82) is 0 Å². The number of aliphatic hydroxyl groups is 1. The Labute approximate surface area is 85.2 Å². The van der Waals surface area contributed by atoms with E-state index in [1.807, 2.05) is 16.0 Å². The zero-order valence-corrected chi connectivity index (χ0v) is 8.46. The third-order valence-corrected chi connectivity index (χ3v) is 3.06. The topological polar surface area (TPSA) is 42.2 Å². The summed E-state index contributed by atoms with van der Waals surface area (Å²) in [6.45, 7) is 0.932. The number of pyridine rings is 1. The minimum atomic E-state index is 0.0789. The van der Waals surface area contributed by atoms with Crippen LogP contribution in [0.1, 0.15) is 6.42 Å². The van der Waals surface area contributed by atoms with E-state index in [1.54, 1.807) is 12.3 Å². The smallest absolute Gasteiger partial charge is 0.199 e. The Morgan fingerprint density at radius 2 is 2.29 bits per heavy atom. The number of hydrogen-bond donors (Lipinski definition) is 1. The number of aromatic nitrogens is 1. The third-order valence-electron chi connectivity index (χ3n) is 2.14. The lowest BCUT2D eigenvalue weighted by Crippen LogP contribution is -2.06. The normalized spacial score (nSPS) is 10.9. The molecule has 74 valence electrons. The van der Waals surface area contributed by atoms with E-state index in [2.05, 4.69) is 0 Å². The van der Waals surface area contributed by atoms with Crippen LogP contribution >= 0.6 is 11.3 Å². The lowest BCUT2D eigenvalue weighted by atomic mass is 10.3. The van der Waals surface area contributed by atoms with Crippen LogP contribution in [0.5, 0.6) is 0 Å². The monoisotopic (exact) mass is 209 g/mol. The quantitative estimate of drug-likeness (QED) is 0.831. The molecule has 2 aromatic rings. The van der Waals surface area contributed by atoms with Gasteiger partial charge in [0.1, 0.15) is 0 Å². The van der Waals surface area contributed by atoms with Crippen molar-refractivity contribution < 1.29 is 5.11 Å². The van der Waals surface area contributed by atoms with Crippen LogP contribution in [0.4, 0.5) is 0 Å². The van der Waals surface area contributed by atoms with Crippen molar-refractivity contribution in [2.45, 2.75) is 13.0 Å². The lowest BCUT2D eigenvalue weighted by Gasteiger charge is -2.06. The summed E-state index contributed by atoms with van der Waals surface area (Å²) < 4.78 is 2.80. The van der Waals surface area contributed by atoms with Crippen LogP contribution in [0.25, 0.3) is 10.2 Å². The molecule has 0 saturated heterocycles. The SMILES string of the molecule is O=c1ccn(CCCO)c2ccsc12. The fourth-order valence-corrected chi connectivity index (χ4v) is 2.29. The first-order valence-electron chi connectivity index (χ1n) is 4.50. The fraction of sp³-hybridized carbons (Fsp3) is 0.300. The van der Waals surface area contributed by atoms with Crippen molar-refractivity contribution in [2.75, 3.05) is 6.61 Å². The molecule has 1 N–H and O–H groups in total. The van der Waals surface area contributed by atoms with E-state index < -0.39 is 0 Å². The summed E-state index contributed by atoms with van der Waals surface area (Å²) in [5.74, 6) is 0. The molecule has 0 bridgehead atoms. The molecule has 0 atom stereocenters. The van der Waals surface area contributed by atoms with E-state index in [0.717, 1.165) is 16.8 Å². The zero-order chi connectivity index (χ0) is 9.97. The highest BCUT2D eigenvalue weighted by Crippen LogP contribution is 2.16. The van der Waals surface area contributed by atoms with Crippen LogP contribution in [0, 0.1) is 0 Å². The largest absolute Gasteiger partial charge is 0.396 e. The van der Waals surface area contributed by atoms with Crippen LogP contribution in [0.2, 0.25) is 0 Å². The molecular weight excluding hydrogens is 198 g/mol. The van der Waals surface area contributed by atoms with E-state index in [0.29, 0.717) is 6.42 Å². The molecule has 2 rings (SSSR count). The van der Waals surface area contributed by atoms with Crippen LogP contribution in [-0.4, -0.2) is 16.3 Å². The highest BCUT2D eigenvalue weighted by atomic mass is 32.1. The van der Waals surface area contributed by atoms with E-state index in [4.69, 9.17) is 5.11 Å². The molecule has 0 aliphatic carbocycles. The van der Waals surface area contributed by atoms with Gasteiger partial charge in [-0.15, -0.1) is 11.3 Å². The number of hydrogen-bond acceptors (Lipinski definition) is 3. The van der Waals surface area contributed by atoms with E-state index >= 15 is 0 Å². The van der Waals surface area contributed by atoms with Gasteiger partial charge in [0.05, 0.1) is 10.2 Å². The zero-order valence-electron chi connectivity index (χ0n) is 7.64. The van der Waals surface area contributed by atoms with Crippen molar-refractivity contribution in [2.24, 2.45) is 0 Å². The average molecular weight is 209 g/mol. The Bertz CT molecular complexity index is 486. The van der Waals surface area contributed by atoms with Gasteiger partial charge in [0.15, 0.2) is 5.43 Å². The van der Waals surface area contributed by atoms with Gasteiger partial charge in [-0.1, -0.05) is 0 Å². The van der Waals surface area contributed by atoms with Crippen molar-refractivity contribution in [3.8, 4) is 0 Å². The lowest BCUT2D eigenvalue weighted by molar-refractivity contribution is 0.280. The molecule has 0 aromatic carbocycles. The Kier molecular flexibility index (Phi) is 2.65. The standard InChI is InChI=1S/C10H11NO2S/c12-6-1-4-11-5-2-9(13)10-8(11)3-7-14-10/h2-3,5,7,12H,1,4,6H2. The van der Waals surface area contributed by atoms with Crippen molar-refractivity contribution in [3.05, 3.63) is 33.9 Å². The Balaban J connectivity index is 2.50. The summed E-state index contributed by atoms with van der Waals surface area (Å²) in [6.07, 6.45) is 2.50. The molecule has 4 heteroatoms. The van der Waals surface area contributed by atoms with Crippen molar-refractivity contribution >= 4 is 21.6 Å². The highest BCUT2D eigenvalue weighted by molar-refractivity contribution is 7.17. The molecule has 0 spiro atoms. The Morgan fingerprint density at radius 3 is 3.07 bits per heavy atom. The van der Waals surface area contributed by atoms with Crippen LogP contribution in [0.3, 0.4) is 0 Å². The summed E-state index contributed by atoms with van der Waals surface area (Å²) in [6, 6.07) is 3.52. The van der Waals surface area contributed by atoms with Gasteiger partial charge in [-0.05, 0) is 17.9 Å². The van der Waals surface area contributed by atoms with Gasteiger partial charge in [0.2, 0.25) is 0 Å².